The van der Waals surface area contributed by atoms with Gasteiger partial charge in [0.2, 0.25) is 11.8 Å². The van der Waals surface area contributed by atoms with Crippen LogP contribution < -0.4 is 16.1 Å². The minimum atomic E-state index is -1.14. The molecule has 12 heteroatoms. The van der Waals surface area contributed by atoms with Gasteiger partial charge in [-0.05, 0) is 73.9 Å². The molecule has 64 heavy (non-hydrogen) atoms. The number of rotatable bonds is 7. The van der Waals surface area contributed by atoms with Crippen molar-refractivity contribution in [2.75, 3.05) is 6.54 Å². The third kappa shape index (κ3) is 8.96. The molecule has 2 aromatic heterocycles. The van der Waals surface area contributed by atoms with Crippen molar-refractivity contribution in [3.8, 4) is 0 Å². The van der Waals surface area contributed by atoms with E-state index in [1.54, 1.807) is 33.2 Å². The highest BCUT2D eigenvalue weighted by Crippen LogP contribution is 2.41. The Bertz CT molecular complexity index is 2570. The number of benzene rings is 4. The van der Waals surface area contributed by atoms with E-state index in [0.717, 1.165) is 27.6 Å². The average Bonchev–Trinajstić information content (AvgIpc) is 3.78. The minimum Gasteiger partial charge on any atom is -0.455 e. The largest absolute Gasteiger partial charge is 0.455 e. The summed E-state index contributed by atoms with van der Waals surface area (Å²) in [6, 6.07) is 37.2. The summed E-state index contributed by atoms with van der Waals surface area (Å²) >= 11 is 0. The van der Waals surface area contributed by atoms with Crippen molar-refractivity contribution in [1.29, 1.82) is 0 Å². The molecule has 1 fully saturated rings. The Morgan fingerprint density at radius 2 is 1.45 bits per heavy atom. The Labute approximate surface area is 374 Å². The molecule has 0 aliphatic carbocycles. The molecule has 6 aromatic rings. The molecule has 3 amide bonds. The van der Waals surface area contributed by atoms with Crippen molar-refractivity contribution in [2.45, 2.75) is 83.6 Å². The zero-order valence-corrected chi connectivity index (χ0v) is 36.9. The van der Waals surface area contributed by atoms with Crippen molar-refractivity contribution in [3.63, 3.8) is 0 Å². The summed E-state index contributed by atoms with van der Waals surface area (Å²) in [5, 5.41) is 8.33. The molecule has 4 heterocycles. The monoisotopic (exact) mass is 857 g/mol. The molecule has 0 saturated carbocycles. The number of carbonyl (C=O) groups excluding carboxylic acids is 4. The van der Waals surface area contributed by atoms with Crippen molar-refractivity contribution >= 4 is 40.7 Å². The topological polar surface area (TPSA) is 148 Å². The van der Waals surface area contributed by atoms with E-state index >= 15 is 0 Å². The number of fused-ring (bicyclic) bond motifs is 4. The van der Waals surface area contributed by atoms with Crippen LogP contribution in [-0.4, -0.2) is 67.9 Å². The van der Waals surface area contributed by atoms with Gasteiger partial charge in [0, 0.05) is 24.5 Å². The van der Waals surface area contributed by atoms with Gasteiger partial charge in [-0.2, -0.15) is 0 Å². The van der Waals surface area contributed by atoms with Crippen molar-refractivity contribution in [1.82, 2.24) is 35.6 Å². The number of carbonyl (C=O) groups is 4. The van der Waals surface area contributed by atoms with E-state index in [1.165, 1.54) is 5.01 Å². The summed E-state index contributed by atoms with van der Waals surface area (Å²) in [4.78, 5) is 66.8. The molecule has 2 aliphatic rings. The summed E-state index contributed by atoms with van der Waals surface area (Å²) in [5.41, 5.74) is 6.92. The highest BCUT2D eigenvalue weighted by molar-refractivity contribution is 5.94. The fourth-order valence-corrected chi connectivity index (χ4v) is 8.65. The van der Waals surface area contributed by atoms with E-state index in [2.05, 4.69) is 57.0 Å². The number of esters is 1. The van der Waals surface area contributed by atoms with Crippen LogP contribution in [0, 0.1) is 11.3 Å². The predicted molar refractivity (Wildman–Crippen MR) is 246 cm³/mol. The average molecular weight is 858 g/mol. The lowest BCUT2D eigenvalue weighted by molar-refractivity contribution is -0.157. The summed E-state index contributed by atoms with van der Waals surface area (Å²) in [6.45, 7) is 9.34. The van der Waals surface area contributed by atoms with Gasteiger partial charge >= 0.3 is 5.97 Å². The Morgan fingerprint density at radius 1 is 0.828 bits per heavy atom. The quantitative estimate of drug-likeness (QED) is 0.112. The second kappa shape index (κ2) is 18.4. The highest BCUT2D eigenvalue weighted by atomic mass is 16.5. The van der Waals surface area contributed by atoms with E-state index in [9.17, 15) is 19.2 Å². The molecule has 1 saturated heterocycles. The molecule has 8 rings (SSSR count). The SMILES string of the molecule is CC(C)C1NC(=O)C(C)(C)/C=C/c2ccc3ccc(nc3c2)[C@@H](C)OC(=O)[C@@H]2CCCN(N2)C(=O)[C@H](Cc2cn(C(c3ccccc3)(c3ccccc3)c3ccccc3)cn2)NC1=O. The molecular weight excluding hydrogens is 803 g/mol. The van der Waals surface area contributed by atoms with E-state index in [-0.39, 0.29) is 24.8 Å². The van der Waals surface area contributed by atoms with Gasteiger partial charge in [-0.1, -0.05) is 135 Å². The summed E-state index contributed by atoms with van der Waals surface area (Å²) < 4.78 is 8.03. The van der Waals surface area contributed by atoms with Crippen LogP contribution in [-0.2, 0) is 35.9 Å². The van der Waals surface area contributed by atoms with E-state index in [0.29, 0.717) is 29.7 Å². The number of amides is 3. The highest BCUT2D eigenvalue weighted by Gasteiger charge is 2.40. The molecular formula is C52H55N7O5. The van der Waals surface area contributed by atoms with Crippen LogP contribution in [0.5, 0.6) is 0 Å². The number of hydrogen-bond donors (Lipinski definition) is 3. The van der Waals surface area contributed by atoms with Crippen molar-refractivity contribution < 1.29 is 23.9 Å². The normalized spacial score (nSPS) is 21.6. The maximum Gasteiger partial charge on any atom is 0.325 e. The van der Waals surface area contributed by atoms with Crippen molar-refractivity contribution in [2.24, 2.45) is 11.3 Å². The van der Waals surface area contributed by atoms with Crippen LogP contribution in [0.15, 0.2) is 140 Å². The fourth-order valence-electron chi connectivity index (χ4n) is 8.65. The zero-order chi connectivity index (χ0) is 45.0. The van der Waals surface area contributed by atoms with E-state index < -0.39 is 53.0 Å². The van der Waals surface area contributed by atoms with Crippen LogP contribution in [0.4, 0.5) is 0 Å². The first kappa shape index (κ1) is 43.7. The number of hydrogen-bond acceptors (Lipinski definition) is 8. The summed E-state index contributed by atoms with van der Waals surface area (Å²) in [5.74, 6) is -2.17. The molecule has 3 N–H and O–H groups in total. The van der Waals surface area contributed by atoms with Crippen LogP contribution in [0.2, 0.25) is 0 Å². The third-order valence-corrected chi connectivity index (χ3v) is 12.3. The lowest BCUT2D eigenvalue weighted by atomic mass is 9.77. The number of nitrogens with zero attached hydrogens (tertiary/aromatic N) is 4. The van der Waals surface area contributed by atoms with Gasteiger partial charge < -0.3 is 19.9 Å². The Morgan fingerprint density at radius 3 is 2.08 bits per heavy atom. The first-order valence-electron chi connectivity index (χ1n) is 22.0. The van der Waals surface area contributed by atoms with Crippen LogP contribution in [0.25, 0.3) is 17.0 Å². The smallest absolute Gasteiger partial charge is 0.325 e. The molecule has 328 valence electrons. The molecule has 0 spiro atoms. The number of imidazole rings is 1. The summed E-state index contributed by atoms with van der Waals surface area (Å²) in [6.07, 6.45) is 7.65. The lowest BCUT2D eigenvalue weighted by Gasteiger charge is -2.37. The van der Waals surface area contributed by atoms with Gasteiger partial charge in [-0.15, -0.1) is 0 Å². The predicted octanol–water partition coefficient (Wildman–Crippen LogP) is 7.29. The molecule has 5 bridgehead atoms. The summed E-state index contributed by atoms with van der Waals surface area (Å²) in [7, 11) is 0. The molecule has 2 aliphatic heterocycles. The Balaban J connectivity index is 1.17. The van der Waals surface area contributed by atoms with Crippen LogP contribution in [0.1, 0.15) is 87.2 Å². The van der Waals surface area contributed by atoms with Gasteiger partial charge in [0.25, 0.3) is 5.91 Å². The molecule has 0 radical (unpaired) electrons. The number of aromatic nitrogens is 3. The van der Waals surface area contributed by atoms with E-state index in [4.69, 9.17) is 14.7 Å². The number of hydrazine groups is 1. The minimum absolute atomic E-state index is 0.00989. The number of cyclic esters (lactones) is 1. The molecule has 4 aromatic carbocycles. The van der Waals surface area contributed by atoms with E-state index in [1.807, 2.05) is 111 Å². The van der Waals surface area contributed by atoms with Gasteiger partial charge in [-0.25, -0.2) is 15.4 Å². The second-order valence-corrected chi connectivity index (χ2v) is 17.7. The van der Waals surface area contributed by atoms with Crippen LogP contribution in [0.3, 0.4) is 0 Å². The van der Waals surface area contributed by atoms with Gasteiger partial charge in [0.1, 0.15) is 29.8 Å². The number of pyridine rings is 1. The zero-order valence-electron chi connectivity index (χ0n) is 36.9. The number of nitrogens with one attached hydrogen (secondary N) is 3. The molecule has 12 nitrogen and oxygen atoms in total. The first-order chi connectivity index (χ1) is 30.8. The maximum absolute atomic E-state index is 14.8. The molecule has 4 atom stereocenters. The lowest BCUT2D eigenvalue weighted by Crippen LogP contribution is -2.62. The van der Waals surface area contributed by atoms with Gasteiger partial charge in [0.05, 0.1) is 28.6 Å². The fraction of sp³-hybridized carbons (Fsp3) is 0.308. The van der Waals surface area contributed by atoms with Crippen LogP contribution >= 0.6 is 0 Å². The van der Waals surface area contributed by atoms with Crippen molar-refractivity contribution in [3.05, 3.63) is 174 Å². The maximum atomic E-state index is 14.8. The van der Waals surface area contributed by atoms with Gasteiger partial charge in [-0.3, -0.25) is 24.2 Å². The second-order valence-electron chi connectivity index (χ2n) is 17.7. The van der Waals surface area contributed by atoms with Gasteiger partial charge in [0.15, 0.2) is 0 Å². The number of ether oxygens (including phenoxy) is 1. The first-order valence-corrected chi connectivity index (χ1v) is 22.0. The third-order valence-electron chi connectivity index (χ3n) is 12.3. The molecule has 1 unspecified atom stereocenters. The Kier molecular flexibility index (Phi) is 12.6. The Hall–Kier alpha value is -6.92. The standard InChI is InChI=1S/C52H55N7O5/c1-34(2)46-47(60)55-45(31-41-32-58(33-53-41)52(38-16-9-6-10-17-38,39-18-11-7-12-19-39)40-20-13-8-14-21-40)48(61)59-29-15-22-43(57-59)49(62)64-35(3)42-26-25-37-24-23-36(30-44(37)54-42)27-28-51(4,5)50(63)56-46/h6-14,16-21,23-28,30,32-35,43,45-46,57H,15,22,29,31H2,1-5H3,(H,55,60)(H,56,63)/b28-27+/t35-,43+,45+,46?/m1/s1.